The molecule has 0 aromatic carbocycles. The average Bonchev–Trinajstić information content (AvgIpc) is 2.74. The van der Waals surface area contributed by atoms with Crippen LogP contribution >= 0.6 is 12.6 Å². The summed E-state index contributed by atoms with van der Waals surface area (Å²) in [5.41, 5.74) is 21.9. The van der Waals surface area contributed by atoms with Crippen LogP contribution in [0.15, 0.2) is 0 Å². The minimum atomic E-state index is -1.35. The summed E-state index contributed by atoms with van der Waals surface area (Å²) < 4.78 is 0. The summed E-state index contributed by atoms with van der Waals surface area (Å²) in [6.45, 7) is 0.186. The summed E-state index contributed by atoms with van der Waals surface area (Å²) in [4.78, 5) is 48.6. The normalized spacial score (nSPS) is 14.7. The summed E-state index contributed by atoms with van der Waals surface area (Å²) in [7, 11) is 0. The van der Waals surface area contributed by atoms with E-state index in [4.69, 9.17) is 22.9 Å². The maximum absolute atomic E-state index is 12.7. The monoisotopic (exact) mass is 463 g/mol. The smallest absolute Gasteiger partial charge is 0.245 e. The first kappa shape index (κ1) is 29.1. The van der Waals surface area contributed by atoms with Gasteiger partial charge in [-0.2, -0.15) is 12.6 Å². The lowest BCUT2D eigenvalue weighted by atomic mass is 10.1. The molecule has 0 radical (unpaired) electrons. The van der Waals surface area contributed by atoms with Gasteiger partial charge in [0, 0.05) is 5.75 Å². The highest BCUT2D eigenvalue weighted by atomic mass is 32.1. The first-order valence-corrected chi connectivity index (χ1v) is 10.9. The van der Waals surface area contributed by atoms with Gasteiger partial charge < -0.3 is 44.0 Å². The summed E-state index contributed by atoms with van der Waals surface area (Å²) in [5, 5.41) is 16.8. The minimum absolute atomic E-state index is 0.0486. The number of carbonyl (C=O) groups is 4. The van der Waals surface area contributed by atoms with Crippen molar-refractivity contribution in [2.75, 3.05) is 25.4 Å². The molecule has 0 aromatic rings. The van der Waals surface area contributed by atoms with E-state index in [0.717, 1.165) is 6.42 Å². The lowest BCUT2D eigenvalue weighted by Gasteiger charge is -2.24. The Morgan fingerprint density at radius 1 is 0.774 bits per heavy atom. The number of nitrogens with one attached hydrogen (secondary N) is 3. The van der Waals surface area contributed by atoms with Crippen molar-refractivity contribution < 1.29 is 24.3 Å². The van der Waals surface area contributed by atoms with Gasteiger partial charge in [0.15, 0.2) is 0 Å². The van der Waals surface area contributed by atoms with Gasteiger partial charge in [0.1, 0.15) is 18.1 Å². The van der Waals surface area contributed by atoms with Crippen molar-refractivity contribution in [2.45, 2.75) is 62.7 Å². The van der Waals surface area contributed by atoms with Gasteiger partial charge in [-0.05, 0) is 45.2 Å². The standard InChI is InChI=1S/C18H37N7O5S/c19-7-3-1-5-11(21)16(28)23-12(6-2-4-8-20)17(29)24-13(9-26)18(30)25-14(10-31)15(22)27/h11-14,26,31H,1-10,19-21H2,(H2,22,27)(H,23,28)(H,24,29)(H,25,30)/t11-,12-,13-,14-/m0/s1. The topological polar surface area (TPSA) is 229 Å². The van der Waals surface area contributed by atoms with E-state index in [-0.39, 0.29) is 12.2 Å². The average molecular weight is 464 g/mol. The second-order valence-electron chi connectivity index (χ2n) is 7.13. The molecular formula is C18H37N7O5S. The van der Waals surface area contributed by atoms with Crippen LogP contribution in [0.5, 0.6) is 0 Å². The highest BCUT2D eigenvalue weighted by Crippen LogP contribution is 2.04. The molecule has 0 saturated heterocycles. The number of aliphatic hydroxyl groups excluding tert-OH is 1. The van der Waals surface area contributed by atoms with E-state index in [1.165, 1.54) is 0 Å². The molecule has 0 bridgehead atoms. The molecule has 13 heteroatoms. The number of primary amides is 1. The Hall–Kier alpha value is -1.93. The van der Waals surface area contributed by atoms with Crippen molar-refractivity contribution in [1.82, 2.24) is 16.0 Å². The fourth-order valence-electron chi connectivity index (χ4n) is 2.63. The third kappa shape index (κ3) is 11.9. The van der Waals surface area contributed by atoms with Crippen LogP contribution in [0.3, 0.4) is 0 Å². The number of carbonyl (C=O) groups excluding carboxylic acids is 4. The van der Waals surface area contributed by atoms with E-state index >= 15 is 0 Å². The highest BCUT2D eigenvalue weighted by molar-refractivity contribution is 7.80. The fourth-order valence-corrected chi connectivity index (χ4v) is 2.90. The van der Waals surface area contributed by atoms with E-state index in [2.05, 4.69) is 28.6 Å². The van der Waals surface area contributed by atoms with Crippen LogP contribution in [-0.2, 0) is 19.2 Å². The Morgan fingerprint density at radius 2 is 1.26 bits per heavy atom. The molecule has 4 atom stereocenters. The lowest BCUT2D eigenvalue weighted by molar-refractivity contribution is -0.134. The molecule has 180 valence electrons. The number of aliphatic hydroxyl groups is 1. The number of nitrogens with two attached hydrogens (primary N) is 4. The van der Waals surface area contributed by atoms with Crippen molar-refractivity contribution in [3.8, 4) is 0 Å². The molecule has 0 aliphatic heterocycles. The van der Waals surface area contributed by atoms with Gasteiger partial charge in [-0.3, -0.25) is 19.2 Å². The van der Waals surface area contributed by atoms with Crippen LogP contribution < -0.4 is 38.9 Å². The van der Waals surface area contributed by atoms with Crippen LogP contribution in [0, 0.1) is 0 Å². The number of unbranched alkanes of at least 4 members (excludes halogenated alkanes) is 2. The van der Waals surface area contributed by atoms with Gasteiger partial charge in [-0.25, -0.2) is 0 Å². The molecule has 0 aliphatic rings. The Balaban J connectivity index is 5.09. The maximum Gasteiger partial charge on any atom is 0.245 e. The Kier molecular flexibility index (Phi) is 15.7. The third-order valence-electron chi connectivity index (χ3n) is 4.54. The molecule has 12 nitrogen and oxygen atoms in total. The molecule has 0 rings (SSSR count). The van der Waals surface area contributed by atoms with Crippen LogP contribution in [0.2, 0.25) is 0 Å². The third-order valence-corrected chi connectivity index (χ3v) is 4.91. The van der Waals surface area contributed by atoms with Gasteiger partial charge in [0.25, 0.3) is 0 Å². The Labute approximate surface area is 188 Å². The first-order valence-electron chi connectivity index (χ1n) is 10.3. The maximum atomic E-state index is 12.7. The van der Waals surface area contributed by atoms with Crippen molar-refractivity contribution in [3.63, 3.8) is 0 Å². The van der Waals surface area contributed by atoms with Gasteiger partial charge >= 0.3 is 0 Å². The van der Waals surface area contributed by atoms with Crippen LogP contribution in [-0.4, -0.2) is 78.4 Å². The van der Waals surface area contributed by atoms with E-state index in [0.29, 0.717) is 38.8 Å². The van der Waals surface area contributed by atoms with Crippen LogP contribution in [0.25, 0.3) is 0 Å². The van der Waals surface area contributed by atoms with Crippen molar-refractivity contribution in [3.05, 3.63) is 0 Å². The molecule has 0 fully saturated rings. The van der Waals surface area contributed by atoms with Crippen molar-refractivity contribution in [2.24, 2.45) is 22.9 Å². The van der Waals surface area contributed by atoms with Gasteiger partial charge in [-0.1, -0.05) is 6.42 Å². The molecule has 31 heavy (non-hydrogen) atoms. The molecule has 12 N–H and O–H groups in total. The molecule has 0 spiro atoms. The second kappa shape index (κ2) is 16.7. The number of hydrogen-bond acceptors (Lipinski definition) is 9. The molecule has 0 heterocycles. The zero-order valence-electron chi connectivity index (χ0n) is 17.7. The minimum Gasteiger partial charge on any atom is -0.394 e. The number of rotatable bonds is 17. The number of thiol groups is 1. The molecular weight excluding hydrogens is 426 g/mol. The predicted molar refractivity (Wildman–Crippen MR) is 120 cm³/mol. The zero-order chi connectivity index (χ0) is 23.8. The fraction of sp³-hybridized carbons (Fsp3) is 0.778. The lowest BCUT2D eigenvalue weighted by Crippen LogP contribution is -2.58. The number of hydrogen-bond donors (Lipinski definition) is 9. The molecule has 0 saturated carbocycles. The number of amides is 4. The largest absolute Gasteiger partial charge is 0.394 e. The van der Waals surface area contributed by atoms with Gasteiger partial charge in [-0.15, -0.1) is 0 Å². The van der Waals surface area contributed by atoms with Crippen molar-refractivity contribution >= 4 is 36.3 Å². The van der Waals surface area contributed by atoms with E-state index in [9.17, 15) is 24.3 Å². The molecule has 4 amide bonds. The first-order chi connectivity index (χ1) is 14.7. The van der Waals surface area contributed by atoms with Gasteiger partial charge in [0.05, 0.1) is 12.6 Å². The van der Waals surface area contributed by atoms with Crippen molar-refractivity contribution in [1.29, 1.82) is 0 Å². The zero-order valence-corrected chi connectivity index (χ0v) is 18.6. The summed E-state index contributed by atoms with van der Waals surface area (Å²) in [5.74, 6) is -2.83. The van der Waals surface area contributed by atoms with Gasteiger partial charge in [0.2, 0.25) is 23.6 Å². The Bertz CT molecular complexity index is 582. The Morgan fingerprint density at radius 3 is 1.74 bits per heavy atom. The highest BCUT2D eigenvalue weighted by Gasteiger charge is 2.29. The summed E-state index contributed by atoms with van der Waals surface area (Å²) in [6.07, 6.45) is 3.27. The SMILES string of the molecule is NCCCC[C@H](NC(=O)[C@@H](N)CCCCN)C(=O)N[C@@H](CO)C(=O)N[C@@H](CS)C(N)=O. The van der Waals surface area contributed by atoms with E-state index < -0.39 is 54.4 Å². The summed E-state index contributed by atoms with van der Waals surface area (Å²) in [6, 6.07) is -4.19. The van der Waals surface area contributed by atoms with E-state index in [1.807, 2.05) is 0 Å². The van der Waals surface area contributed by atoms with E-state index in [1.54, 1.807) is 0 Å². The second-order valence-corrected chi connectivity index (χ2v) is 7.49. The quantitative estimate of drug-likeness (QED) is 0.0772. The van der Waals surface area contributed by atoms with Crippen LogP contribution in [0.1, 0.15) is 38.5 Å². The predicted octanol–water partition coefficient (Wildman–Crippen LogP) is -3.57. The van der Waals surface area contributed by atoms with Crippen LogP contribution in [0.4, 0.5) is 0 Å². The molecule has 0 aromatic heterocycles. The molecule has 0 aliphatic carbocycles. The summed E-state index contributed by atoms with van der Waals surface area (Å²) >= 11 is 3.92. The molecule has 0 unspecified atom stereocenters.